The number of halogens is 1. The predicted octanol–water partition coefficient (Wildman–Crippen LogP) is 0.433. The Balaban J connectivity index is 1.38. The fraction of sp³-hybridized carbons (Fsp3) is 0.273. The number of aromatic nitrogens is 3. The molecule has 0 bridgehead atoms. The SMILES string of the molecule is CO/N=C(\C(=O)N[C@@H]1C(=O)N2C(C(=O)O)=C(C[n+]3cc4cc(F)ccc4n3C)CS[C@H]12)c1csc(N)n1. The zero-order chi connectivity index (χ0) is 26.4. The molecule has 37 heavy (non-hydrogen) atoms. The average molecular weight is 547 g/mol. The first-order valence-corrected chi connectivity index (χ1v) is 12.8. The molecule has 0 spiro atoms. The summed E-state index contributed by atoms with van der Waals surface area (Å²) in [6, 6.07) is 3.44. The van der Waals surface area contributed by atoms with Crippen molar-refractivity contribution in [1.82, 2.24) is 19.9 Å². The standard InChI is InChI=1S/C22H20FN7O5S2/c1-28-14-4-3-12(23)5-10(14)6-29(28)7-11-8-36-20-16(19(32)30(20)17(11)21(33)34)26-18(31)15(27-35-2)13-9-37-22(24)25-13/h3-6,9,16,20H,7-8H2,1-2H3,(H3-,24,25,26,31,33,34)/p+1/b27-15-/t16-,20-/m1/s1. The van der Waals surface area contributed by atoms with Gasteiger partial charge in [-0.3, -0.25) is 14.5 Å². The van der Waals surface area contributed by atoms with Crippen molar-refractivity contribution in [1.29, 1.82) is 0 Å². The van der Waals surface area contributed by atoms with Crippen molar-refractivity contribution in [2.45, 2.75) is 18.0 Å². The van der Waals surface area contributed by atoms with Crippen LogP contribution in [0.1, 0.15) is 5.69 Å². The summed E-state index contributed by atoms with van der Waals surface area (Å²) in [4.78, 5) is 48.2. The number of β-lactam (4-membered cyclic amide) rings is 1. The largest absolute Gasteiger partial charge is 0.477 e. The minimum Gasteiger partial charge on any atom is -0.477 e. The van der Waals surface area contributed by atoms with Gasteiger partial charge >= 0.3 is 5.97 Å². The lowest BCUT2D eigenvalue weighted by molar-refractivity contribution is -0.764. The van der Waals surface area contributed by atoms with Gasteiger partial charge in [-0.1, -0.05) is 5.16 Å². The van der Waals surface area contributed by atoms with Crippen LogP contribution in [0.5, 0.6) is 0 Å². The molecule has 1 saturated heterocycles. The highest BCUT2D eigenvalue weighted by molar-refractivity contribution is 8.00. The van der Waals surface area contributed by atoms with Crippen molar-refractivity contribution in [3.8, 4) is 0 Å². The quantitative estimate of drug-likeness (QED) is 0.167. The number of hydrogen-bond donors (Lipinski definition) is 3. The molecule has 0 aliphatic carbocycles. The van der Waals surface area contributed by atoms with E-state index < -0.39 is 29.2 Å². The molecule has 1 aromatic carbocycles. The number of hydrogen-bond acceptors (Lipinski definition) is 9. The second kappa shape index (κ2) is 9.48. The zero-order valence-electron chi connectivity index (χ0n) is 19.5. The number of amides is 2. The lowest BCUT2D eigenvalue weighted by Crippen LogP contribution is -2.71. The molecule has 4 N–H and O–H groups in total. The number of benzene rings is 1. The molecular formula is C22H21FN7O5S2+. The smallest absolute Gasteiger partial charge is 0.352 e. The first kappa shape index (κ1) is 24.7. The number of aliphatic carboxylic acids is 1. The second-order valence-corrected chi connectivity index (χ2v) is 10.3. The summed E-state index contributed by atoms with van der Waals surface area (Å²) in [5.74, 6) is -2.56. The number of fused-ring (bicyclic) bond motifs is 2. The fourth-order valence-corrected chi connectivity index (χ4v) is 6.25. The van der Waals surface area contributed by atoms with Gasteiger partial charge in [0.25, 0.3) is 11.8 Å². The van der Waals surface area contributed by atoms with Gasteiger partial charge < -0.3 is 21.0 Å². The van der Waals surface area contributed by atoms with Crippen molar-refractivity contribution >= 4 is 62.6 Å². The van der Waals surface area contributed by atoms with Crippen LogP contribution in [0.15, 0.2) is 46.2 Å². The van der Waals surface area contributed by atoms with Gasteiger partial charge in [0.15, 0.2) is 17.4 Å². The van der Waals surface area contributed by atoms with Crippen LogP contribution in [-0.4, -0.2) is 67.4 Å². The minimum absolute atomic E-state index is 0.124. The van der Waals surface area contributed by atoms with E-state index in [2.05, 4.69) is 15.5 Å². The van der Waals surface area contributed by atoms with Crippen LogP contribution in [0, 0.1) is 5.82 Å². The lowest BCUT2D eigenvalue weighted by atomic mass is 10.0. The van der Waals surface area contributed by atoms with Gasteiger partial charge in [0.05, 0.1) is 12.4 Å². The Morgan fingerprint density at radius 2 is 2.22 bits per heavy atom. The number of rotatable bonds is 7. The van der Waals surface area contributed by atoms with Crippen molar-refractivity contribution in [2.24, 2.45) is 12.2 Å². The van der Waals surface area contributed by atoms with Gasteiger partial charge in [-0.25, -0.2) is 14.2 Å². The molecular weight excluding hydrogens is 525 g/mol. The zero-order valence-corrected chi connectivity index (χ0v) is 21.2. The van der Waals surface area contributed by atoms with Crippen LogP contribution in [0.3, 0.4) is 0 Å². The first-order valence-electron chi connectivity index (χ1n) is 10.9. The number of nitrogens with two attached hydrogens (primary N) is 1. The Morgan fingerprint density at radius 1 is 1.43 bits per heavy atom. The van der Waals surface area contributed by atoms with E-state index in [1.165, 1.54) is 41.3 Å². The summed E-state index contributed by atoms with van der Waals surface area (Å²) in [5.41, 5.74) is 6.86. The summed E-state index contributed by atoms with van der Waals surface area (Å²) in [6.07, 6.45) is 1.73. The topological polar surface area (TPSA) is 156 Å². The van der Waals surface area contributed by atoms with E-state index >= 15 is 0 Å². The Hall–Kier alpha value is -3.98. The number of nitrogens with zero attached hydrogens (tertiary/aromatic N) is 5. The fourth-order valence-electron chi connectivity index (χ4n) is 4.36. The molecule has 3 aromatic rings. The number of nitrogens with one attached hydrogen (secondary N) is 1. The van der Waals surface area contributed by atoms with Crippen molar-refractivity contribution in [3.63, 3.8) is 0 Å². The van der Waals surface area contributed by atoms with Gasteiger partial charge in [0, 0.05) is 16.7 Å². The molecule has 0 unspecified atom stereocenters. The maximum Gasteiger partial charge on any atom is 0.352 e. The van der Waals surface area contributed by atoms with Crippen LogP contribution >= 0.6 is 23.1 Å². The highest BCUT2D eigenvalue weighted by Gasteiger charge is 2.55. The molecule has 2 aromatic heterocycles. The number of aryl methyl sites for hydroxylation is 1. The van der Waals surface area contributed by atoms with E-state index in [1.54, 1.807) is 28.7 Å². The van der Waals surface area contributed by atoms with E-state index in [9.17, 15) is 23.9 Å². The molecule has 2 amide bonds. The number of carbonyl (C=O) groups excluding carboxylic acids is 2. The molecule has 2 aliphatic rings. The number of anilines is 1. The van der Waals surface area contributed by atoms with Crippen LogP contribution in [0.2, 0.25) is 0 Å². The molecule has 4 heterocycles. The third-order valence-corrected chi connectivity index (χ3v) is 8.08. The number of carbonyl (C=O) groups is 3. The summed E-state index contributed by atoms with van der Waals surface area (Å²) < 4.78 is 17.2. The Labute approximate surface area is 217 Å². The first-order chi connectivity index (χ1) is 17.7. The van der Waals surface area contributed by atoms with E-state index in [0.29, 0.717) is 16.7 Å². The van der Waals surface area contributed by atoms with E-state index in [4.69, 9.17) is 10.6 Å². The van der Waals surface area contributed by atoms with Crippen LogP contribution in [-0.2, 0) is 32.8 Å². The summed E-state index contributed by atoms with van der Waals surface area (Å²) in [6.45, 7) is 0.185. The number of nitrogen functional groups attached to an aromatic ring is 1. The maximum absolute atomic E-state index is 13.7. The van der Waals surface area contributed by atoms with Crippen molar-refractivity contribution in [3.05, 3.63) is 52.6 Å². The minimum atomic E-state index is -1.25. The summed E-state index contributed by atoms with van der Waals surface area (Å²) in [5, 5.41) is 18.1. The van der Waals surface area contributed by atoms with Gasteiger partial charge in [-0.15, -0.1) is 27.8 Å². The maximum atomic E-state index is 13.7. The number of thioether (sulfide) groups is 1. The summed E-state index contributed by atoms with van der Waals surface area (Å²) in [7, 11) is 3.06. The molecule has 2 aliphatic heterocycles. The van der Waals surface area contributed by atoms with Gasteiger partial charge in [0.1, 0.15) is 41.3 Å². The molecule has 2 atom stereocenters. The molecule has 15 heteroatoms. The normalized spacial score (nSPS) is 19.6. The van der Waals surface area contributed by atoms with Crippen molar-refractivity contribution < 1.29 is 33.4 Å². The van der Waals surface area contributed by atoms with Crippen LogP contribution in [0.4, 0.5) is 9.52 Å². The molecule has 0 radical (unpaired) electrons. The van der Waals surface area contributed by atoms with Crippen molar-refractivity contribution in [2.75, 3.05) is 18.6 Å². The Bertz CT molecular complexity index is 1510. The Morgan fingerprint density at radius 3 is 2.89 bits per heavy atom. The predicted molar refractivity (Wildman–Crippen MR) is 133 cm³/mol. The lowest BCUT2D eigenvalue weighted by Gasteiger charge is -2.49. The monoisotopic (exact) mass is 546 g/mol. The van der Waals surface area contributed by atoms with E-state index in [-0.39, 0.29) is 34.6 Å². The number of carboxylic acid groups (broad SMARTS) is 1. The van der Waals surface area contributed by atoms with E-state index in [1.807, 2.05) is 0 Å². The highest BCUT2D eigenvalue weighted by Crippen LogP contribution is 2.40. The number of thiazole rings is 1. The average Bonchev–Trinajstić information content (AvgIpc) is 3.42. The Kier molecular flexibility index (Phi) is 6.33. The van der Waals surface area contributed by atoms with Crippen LogP contribution < -0.4 is 15.7 Å². The highest BCUT2D eigenvalue weighted by atomic mass is 32.2. The molecule has 192 valence electrons. The van der Waals surface area contributed by atoms with Gasteiger partial charge in [0.2, 0.25) is 6.20 Å². The molecule has 1 fully saturated rings. The molecule has 5 rings (SSSR count). The second-order valence-electron chi connectivity index (χ2n) is 8.27. The molecule has 12 nitrogen and oxygen atoms in total. The third-order valence-electron chi connectivity index (χ3n) is 6.06. The number of carboxylic acids is 1. The van der Waals surface area contributed by atoms with Crippen LogP contribution in [0.25, 0.3) is 10.9 Å². The number of oxime groups is 1. The van der Waals surface area contributed by atoms with Gasteiger partial charge in [-0.2, -0.15) is 4.68 Å². The van der Waals surface area contributed by atoms with Gasteiger partial charge in [-0.05, 0) is 18.2 Å². The molecule has 0 saturated carbocycles. The third kappa shape index (κ3) is 4.29. The summed E-state index contributed by atoms with van der Waals surface area (Å²) >= 11 is 2.46. The van der Waals surface area contributed by atoms with E-state index in [0.717, 1.165) is 16.9 Å².